The zero-order valence-electron chi connectivity index (χ0n) is 14.8. The number of carbonyl (C=O) groups is 1. The maximum atomic E-state index is 13.7. The standard InChI is InChI=1S/C18H15F3N4O2S/c1-10(17(26)23-14-7-6-13(19)15(20)16(14)21)28-18-24-22-9-25(18)11-4-3-5-12(8-11)27-2/h3-10H,1-2H3,(H,23,26)/t10-/m1/s1. The number of benzene rings is 2. The number of rotatable bonds is 6. The van der Waals surface area contributed by atoms with E-state index >= 15 is 0 Å². The lowest BCUT2D eigenvalue weighted by Gasteiger charge is -2.13. The monoisotopic (exact) mass is 408 g/mol. The van der Waals surface area contributed by atoms with Gasteiger partial charge in [0.2, 0.25) is 5.91 Å². The van der Waals surface area contributed by atoms with Gasteiger partial charge in [-0.1, -0.05) is 17.8 Å². The van der Waals surface area contributed by atoms with Crippen LogP contribution in [0.1, 0.15) is 6.92 Å². The first-order chi connectivity index (χ1) is 13.4. The summed E-state index contributed by atoms with van der Waals surface area (Å²) in [6, 6.07) is 8.87. The Morgan fingerprint density at radius 1 is 1.21 bits per heavy atom. The number of anilines is 1. The minimum atomic E-state index is -1.64. The Bertz CT molecular complexity index is 1010. The van der Waals surface area contributed by atoms with Crippen molar-refractivity contribution in [2.75, 3.05) is 12.4 Å². The Kier molecular flexibility index (Phi) is 5.88. The molecule has 10 heteroatoms. The number of ether oxygens (including phenoxy) is 1. The summed E-state index contributed by atoms with van der Waals surface area (Å²) >= 11 is 1.07. The van der Waals surface area contributed by atoms with Crippen LogP contribution in [0, 0.1) is 17.5 Å². The lowest BCUT2D eigenvalue weighted by molar-refractivity contribution is -0.115. The van der Waals surface area contributed by atoms with Crippen LogP contribution in [0.2, 0.25) is 0 Å². The number of aromatic nitrogens is 3. The van der Waals surface area contributed by atoms with Gasteiger partial charge in [0.05, 0.1) is 23.7 Å². The fourth-order valence-electron chi connectivity index (χ4n) is 2.31. The number of nitrogens with zero attached hydrogens (tertiary/aromatic N) is 3. The van der Waals surface area contributed by atoms with Crippen LogP contribution in [0.15, 0.2) is 47.9 Å². The Labute approximate surface area is 162 Å². The van der Waals surface area contributed by atoms with Gasteiger partial charge in [-0.3, -0.25) is 9.36 Å². The lowest BCUT2D eigenvalue weighted by Crippen LogP contribution is -2.23. The van der Waals surface area contributed by atoms with Crippen molar-refractivity contribution >= 4 is 23.4 Å². The third-order valence-corrected chi connectivity index (χ3v) is 4.85. The molecule has 3 aromatic rings. The summed E-state index contributed by atoms with van der Waals surface area (Å²) in [5, 5.41) is 9.79. The molecule has 0 aliphatic rings. The minimum absolute atomic E-state index is 0.418. The molecule has 2 aromatic carbocycles. The average Bonchev–Trinajstić information content (AvgIpc) is 3.16. The summed E-state index contributed by atoms with van der Waals surface area (Å²) < 4.78 is 46.9. The molecule has 1 atom stereocenters. The normalized spacial score (nSPS) is 11.9. The van der Waals surface area contributed by atoms with Crippen molar-refractivity contribution < 1.29 is 22.7 Å². The smallest absolute Gasteiger partial charge is 0.237 e. The molecule has 146 valence electrons. The van der Waals surface area contributed by atoms with E-state index in [1.807, 2.05) is 6.07 Å². The van der Waals surface area contributed by atoms with Gasteiger partial charge in [-0.15, -0.1) is 10.2 Å². The van der Waals surface area contributed by atoms with Crippen molar-refractivity contribution in [3.8, 4) is 11.4 Å². The number of carbonyl (C=O) groups excluding carboxylic acids is 1. The van der Waals surface area contributed by atoms with E-state index in [1.54, 1.807) is 36.8 Å². The zero-order chi connectivity index (χ0) is 20.3. The van der Waals surface area contributed by atoms with Gasteiger partial charge >= 0.3 is 0 Å². The van der Waals surface area contributed by atoms with Crippen LogP contribution in [-0.4, -0.2) is 33.0 Å². The minimum Gasteiger partial charge on any atom is -0.497 e. The van der Waals surface area contributed by atoms with E-state index in [4.69, 9.17) is 4.74 Å². The number of thioether (sulfide) groups is 1. The van der Waals surface area contributed by atoms with Crippen molar-refractivity contribution in [2.24, 2.45) is 0 Å². The van der Waals surface area contributed by atoms with E-state index in [9.17, 15) is 18.0 Å². The van der Waals surface area contributed by atoms with E-state index < -0.39 is 34.3 Å². The molecule has 0 saturated heterocycles. The van der Waals surface area contributed by atoms with Crippen LogP contribution in [0.5, 0.6) is 5.75 Å². The van der Waals surface area contributed by atoms with Gasteiger partial charge in [-0.2, -0.15) is 0 Å². The van der Waals surface area contributed by atoms with E-state index in [0.717, 1.165) is 29.6 Å². The molecule has 3 rings (SSSR count). The van der Waals surface area contributed by atoms with Crippen molar-refractivity contribution in [1.82, 2.24) is 14.8 Å². The van der Waals surface area contributed by atoms with Gasteiger partial charge < -0.3 is 10.1 Å². The summed E-state index contributed by atoms with van der Waals surface area (Å²) in [6.45, 7) is 1.57. The fourth-order valence-corrected chi connectivity index (χ4v) is 3.15. The Morgan fingerprint density at radius 2 is 2.00 bits per heavy atom. The Morgan fingerprint density at radius 3 is 2.75 bits per heavy atom. The molecule has 1 amide bonds. The molecule has 0 saturated carbocycles. The van der Waals surface area contributed by atoms with Gasteiger partial charge in [0, 0.05) is 6.07 Å². The highest BCUT2D eigenvalue weighted by Gasteiger charge is 2.21. The molecule has 0 radical (unpaired) electrons. The van der Waals surface area contributed by atoms with Gasteiger partial charge in [-0.05, 0) is 31.2 Å². The highest BCUT2D eigenvalue weighted by molar-refractivity contribution is 8.00. The summed E-state index contributed by atoms with van der Waals surface area (Å²) in [7, 11) is 1.55. The molecule has 1 N–H and O–H groups in total. The number of hydrogen-bond donors (Lipinski definition) is 1. The zero-order valence-corrected chi connectivity index (χ0v) is 15.6. The molecule has 0 unspecified atom stereocenters. The van der Waals surface area contributed by atoms with E-state index in [2.05, 4.69) is 15.5 Å². The largest absolute Gasteiger partial charge is 0.497 e. The van der Waals surface area contributed by atoms with Crippen LogP contribution >= 0.6 is 11.8 Å². The SMILES string of the molecule is COc1cccc(-n2cnnc2S[C@H](C)C(=O)Nc2ccc(F)c(F)c2F)c1. The number of hydrogen-bond acceptors (Lipinski definition) is 5. The molecule has 6 nitrogen and oxygen atoms in total. The Balaban J connectivity index is 1.75. The topological polar surface area (TPSA) is 69.0 Å². The van der Waals surface area contributed by atoms with Gasteiger partial charge in [0.1, 0.15) is 12.1 Å². The van der Waals surface area contributed by atoms with E-state index in [1.165, 1.54) is 6.33 Å². The van der Waals surface area contributed by atoms with Crippen molar-refractivity contribution in [1.29, 1.82) is 0 Å². The van der Waals surface area contributed by atoms with Crippen LogP contribution in [0.4, 0.5) is 18.9 Å². The molecule has 28 heavy (non-hydrogen) atoms. The van der Waals surface area contributed by atoms with Gasteiger partial charge in [-0.25, -0.2) is 13.2 Å². The first-order valence-electron chi connectivity index (χ1n) is 8.06. The van der Waals surface area contributed by atoms with Crippen LogP contribution in [0.25, 0.3) is 5.69 Å². The molecule has 0 aliphatic carbocycles. The Hall–Kier alpha value is -3.01. The first kappa shape index (κ1) is 19.7. The number of amides is 1. The van der Waals surface area contributed by atoms with Gasteiger partial charge in [0.25, 0.3) is 0 Å². The predicted molar refractivity (Wildman–Crippen MR) is 98.2 cm³/mol. The second-order valence-electron chi connectivity index (χ2n) is 5.66. The molecule has 0 aliphatic heterocycles. The molecule has 0 bridgehead atoms. The lowest BCUT2D eigenvalue weighted by atomic mass is 10.2. The quantitative estimate of drug-likeness (QED) is 0.496. The molecule has 0 spiro atoms. The van der Waals surface area contributed by atoms with Crippen molar-refractivity contribution in [3.05, 3.63) is 60.2 Å². The summed E-state index contributed by atoms with van der Waals surface area (Å²) in [5.74, 6) is -4.39. The van der Waals surface area contributed by atoms with Crippen LogP contribution < -0.4 is 10.1 Å². The maximum absolute atomic E-state index is 13.7. The highest BCUT2D eigenvalue weighted by atomic mass is 32.2. The average molecular weight is 408 g/mol. The van der Waals surface area contributed by atoms with Gasteiger partial charge in [0.15, 0.2) is 22.6 Å². The first-order valence-corrected chi connectivity index (χ1v) is 8.94. The molecule has 1 heterocycles. The third kappa shape index (κ3) is 4.11. The molecule has 1 aromatic heterocycles. The molecular formula is C18H15F3N4O2S. The van der Waals surface area contributed by atoms with E-state index in [0.29, 0.717) is 10.9 Å². The number of methoxy groups -OCH3 is 1. The van der Waals surface area contributed by atoms with E-state index in [-0.39, 0.29) is 0 Å². The third-order valence-electron chi connectivity index (χ3n) is 3.79. The summed E-state index contributed by atoms with van der Waals surface area (Å²) in [6.07, 6.45) is 1.48. The number of nitrogens with one attached hydrogen (secondary N) is 1. The van der Waals surface area contributed by atoms with Crippen LogP contribution in [0.3, 0.4) is 0 Å². The molecular weight excluding hydrogens is 393 g/mol. The van der Waals surface area contributed by atoms with Crippen molar-refractivity contribution in [2.45, 2.75) is 17.3 Å². The fraction of sp³-hybridized carbons (Fsp3) is 0.167. The molecule has 0 fully saturated rings. The second-order valence-corrected chi connectivity index (χ2v) is 6.97. The maximum Gasteiger partial charge on any atom is 0.237 e. The predicted octanol–water partition coefficient (Wildman–Crippen LogP) is 3.81. The summed E-state index contributed by atoms with van der Waals surface area (Å²) in [4.78, 5) is 12.3. The second kappa shape index (κ2) is 8.34. The highest BCUT2D eigenvalue weighted by Crippen LogP contribution is 2.27. The van der Waals surface area contributed by atoms with Crippen LogP contribution in [-0.2, 0) is 4.79 Å². The number of halogens is 3. The van der Waals surface area contributed by atoms with Crippen molar-refractivity contribution in [3.63, 3.8) is 0 Å². The summed E-state index contributed by atoms with van der Waals surface area (Å²) in [5.41, 5.74) is 0.289.